The molecule has 0 bridgehead atoms. The van der Waals surface area contributed by atoms with Gasteiger partial charge in [-0.1, -0.05) is 12.1 Å². The first-order valence-corrected chi connectivity index (χ1v) is 10.3. The number of amides is 1. The van der Waals surface area contributed by atoms with Crippen LogP contribution in [0, 0.1) is 5.92 Å². The van der Waals surface area contributed by atoms with Crippen molar-refractivity contribution in [3.05, 3.63) is 60.5 Å². The van der Waals surface area contributed by atoms with Gasteiger partial charge in [0, 0.05) is 23.4 Å². The maximum atomic E-state index is 12.6. The van der Waals surface area contributed by atoms with Crippen molar-refractivity contribution in [2.75, 3.05) is 11.9 Å². The van der Waals surface area contributed by atoms with Crippen LogP contribution in [-0.2, 0) is 10.0 Å². The van der Waals surface area contributed by atoms with E-state index in [0.717, 1.165) is 12.8 Å². The van der Waals surface area contributed by atoms with E-state index in [-0.39, 0.29) is 10.5 Å². The number of carbonyl (C=O) groups is 1. The molecule has 2 N–H and O–H groups in total. The van der Waals surface area contributed by atoms with Gasteiger partial charge in [0.15, 0.2) is 0 Å². The van der Waals surface area contributed by atoms with Gasteiger partial charge in [-0.15, -0.1) is 10.2 Å². The fraction of sp³-hybridized carbons (Fsp3) is 0.211. The zero-order valence-corrected chi connectivity index (χ0v) is 15.6. The molecule has 1 saturated carbocycles. The van der Waals surface area contributed by atoms with Crippen LogP contribution in [0.3, 0.4) is 0 Å². The third-order valence-corrected chi connectivity index (χ3v) is 5.81. The van der Waals surface area contributed by atoms with Crippen LogP contribution in [0.2, 0.25) is 0 Å². The van der Waals surface area contributed by atoms with Gasteiger partial charge in [0.2, 0.25) is 22.3 Å². The molecule has 1 aliphatic rings. The van der Waals surface area contributed by atoms with Gasteiger partial charge in [0.25, 0.3) is 5.91 Å². The molecule has 0 saturated heterocycles. The number of rotatable bonds is 7. The molecule has 8 nitrogen and oxygen atoms in total. The van der Waals surface area contributed by atoms with Crippen molar-refractivity contribution in [3.8, 4) is 11.5 Å². The summed E-state index contributed by atoms with van der Waals surface area (Å²) in [5.74, 6) is 0.347. The quantitative estimate of drug-likeness (QED) is 0.632. The van der Waals surface area contributed by atoms with Crippen LogP contribution in [-0.4, -0.2) is 31.1 Å². The summed E-state index contributed by atoms with van der Waals surface area (Å²) in [7, 11) is -3.64. The summed E-state index contributed by atoms with van der Waals surface area (Å²) in [6, 6.07) is 12.9. The van der Waals surface area contributed by atoms with E-state index in [0.29, 0.717) is 29.6 Å². The van der Waals surface area contributed by atoms with E-state index in [9.17, 15) is 13.2 Å². The Morgan fingerprint density at radius 3 is 2.71 bits per heavy atom. The predicted octanol–water partition coefficient (Wildman–Crippen LogP) is 2.68. The lowest BCUT2D eigenvalue weighted by molar-refractivity contribution is 0.102. The SMILES string of the molecule is O=C(Nc1cccc(-c2nnco2)c1)c1cccc(S(=O)(=O)NCC2CC2)c1. The Balaban J connectivity index is 1.50. The minimum absolute atomic E-state index is 0.0698. The molecule has 0 atom stereocenters. The highest BCUT2D eigenvalue weighted by atomic mass is 32.2. The molecule has 1 aromatic heterocycles. The molecular weight excluding hydrogens is 380 g/mol. The van der Waals surface area contributed by atoms with Crippen molar-refractivity contribution in [1.29, 1.82) is 0 Å². The number of hydrogen-bond acceptors (Lipinski definition) is 6. The van der Waals surface area contributed by atoms with Crippen LogP contribution in [0.4, 0.5) is 5.69 Å². The number of anilines is 1. The predicted molar refractivity (Wildman–Crippen MR) is 102 cm³/mol. The van der Waals surface area contributed by atoms with Gasteiger partial charge < -0.3 is 9.73 Å². The molecule has 1 aliphatic carbocycles. The number of aromatic nitrogens is 2. The molecule has 2 aromatic carbocycles. The smallest absolute Gasteiger partial charge is 0.255 e. The lowest BCUT2D eigenvalue weighted by Crippen LogP contribution is -2.26. The molecule has 1 heterocycles. The zero-order valence-electron chi connectivity index (χ0n) is 14.8. The summed E-state index contributed by atoms with van der Waals surface area (Å²) in [4.78, 5) is 12.7. The summed E-state index contributed by atoms with van der Waals surface area (Å²) >= 11 is 0. The van der Waals surface area contributed by atoms with Crippen LogP contribution in [0.15, 0.2) is 64.2 Å². The van der Waals surface area contributed by atoms with Crippen molar-refractivity contribution >= 4 is 21.6 Å². The summed E-state index contributed by atoms with van der Waals surface area (Å²) in [5, 5.41) is 10.2. The molecule has 0 radical (unpaired) electrons. The highest BCUT2D eigenvalue weighted by Crippen LogP contribution is 2.28. The number of nitrogens with zero attached hydrogens (tertiary/aromatic N) is 2. The number of sulfonamides is 1. The summed E-state index contributed by atoms with van der Waals surface area (Å²) in [5.41, 5.74) is 1.44. The summed E-state index contributed by atoms with van der Waals surface area (Å²) in [6.07, 6.45) is 3.32. The van der Waals surface area contributed by atoms with Gasteiger partial charge in [0.1, 0.15) is 0 Å². The average molecular weight is 398 g/mol. The number of benzene rings is 2. The van der Waals surface area contributed by atoms with Gasteiger partial charge in [-0.25, -0.2) is 13.1 Å². The Kier molecular flexibility index (Phi) is 4.93. The number of hydrogen-bond donors (Lipinski definition) is 2. The van der Waals surface area contributed by atoms with Crippen LogP contribution >= 0.6 is 0 Å². The molecule has 0 unspecified atom stereocenters. The fourth-order valence-electron chi connectivity index (χ4n) is 2.67. The standard InChI is InChI=1S/C19H18N4O4S/c24-18(22-16-5-1-4-15(9-16)19-23-20-12-27-19)14-3-2-6-17(10-14)28(25,26)21-11-13-7-8-13/h1-6,9-10,12-13,21H,7-8,11H2,(H,22,24). The van der Waals surface area contributed by atoms with E-state index in [4.69, 9.17) is 4.42 Å². The van der Waals surface area contributed by atoms with Gasteiger partial charge >= 0.3 is 0 Å². The topological polar surface area (TPSA) is 114 Å². The van der Waals surface area contributed by atoms with Crippen LogP contribution < -0.4 is 10.0 Å². The lowest BCUT2D eigenvalue weighted by atomic mass is 10.1. The first kappa shape index (κ1) is 18.3. The first-order chi connectivity index (χ1) is 13.5. The molecule has 3 aromatic rings. The Morgan fingerprint density at radius 1 is 1.14 bits per heavy atom. The maximum absolute atomic E-state index is 12.6. The van der Waals surface area contributed by atoms with Crippen LogP contribution in [0.1, 0.15) is 23.2 Å². The summed E-state index contributed by atoms with van der Waals surface area (Å²) in [6.45, 7) is 0.432. The monoisotopic (exact) mass is 398 g/mol. The first-order valence-electron chi connectivity index (χ1n) is 8.79. The van der Waals surface area contributed by atoms with E-state index < -0.39 is 15.9 Å². The van der Waals surface area contributed by atoms with Crippen molar-refractivity contribution in [1.82, 2.24) is 14.9 Å². The Hall–Kier alpha value is -3.04. The lowest BCUT2D eigenvalue weighted by Gasteiger charge is -2.09. The minimum atomic E-state index is -3.64. The highest BCUT2D eigenvalue weighted by molar-refractivity contribution is 7.89. The number of carbonyl (C=O) groups excluding carboxylic acids is 1. The number of nitrogens with one attached hydrogen (secondary N) is 2. The van der Waals surface area contributed by atoms with Crippen LogP contribution in [0.25, 0.3) is 11.5 Å². The molecule has 4 rings (SSSR count). The second-order valence-electron chi connectivity index (χ2n) is 6.60. The largest absolute Gasteiger partial charge is 0.423 e. The van der Waals surface area contributed by atoms with Crippen molar-refractivity contribution < 1.29 is 17.6 Å². The van der Waals surface area contributed by atoms with Crippen molar-refractivity contribution in [3.63, 3.8) is 0 Å². The van der Waals surface area contributed by atoms with Gasteiger partial charge in [-0.05, 0) is 55.2 Å². The third kappa shape index (κ3) is 4.26. The Morgan fingerprint density at radius 2 is 1.96 bits per heavy atom. The fourth-order valence-corrected chi connectivity index (χ4v) is 3.83. The van der Waals surface area contributed by atoms with E-state index >= 15 is 0 Å². The zero-order chi connectivity index (χ0) is 19.6. The molecule has 1 amide bonds. The molecular formula is C19H18N4O4S. The second kappa shape index (κ2) is 7.53. The molecule has 1 fully saturated rings. The molecule has 0 spiro atoms. The molecule has 0 aliphatic heterocycles. The average Bonchev–Trinajstić information content (AvgIpc) is 3.38. The van der Waals surface area contributed by atoms with E-state index in [1.54, 1.807) is 36.4 Å². The van der Waals surface area contributed by atoms with Crippen LogP contribution in [0.5, 0.6) is 0 Å². The second-order valence-corrected chi connectivity index (χ2v) is 8.37. The van der Waals surface area contributed by atoms with Gasteiger partial charge in [0.05, 0.1) is 4.90 Å². The molecule has 28 heavy (non-hydrogen) atoms. The molecule has 144 valence electrons. The Bertz CT molecular complexity index is 1090. The van der Waals surface area contributed by atoms with Crippen molar-refractivity contribution in [2.45, 2.75) is 17.7 Å². The van der Waals surface area contributed by atoms with E-state index in [1.165, 1.54) is 18.5 Å². The van der Waals surface area contributed by atoms with E-state index in [1.807, 2.05) is 0 Å². The normalized spacial score (nSPS) is 14.0. The van der Waals surface area contributed by atoms with Gasteiger partial charge in [-0.3, -0.25) is 4.79 Å². The highest BCUT2D eigenvalue weighted by Gasteiger charge is 2.24. The molecule has 9 heteroatoms. The maximum Gasteiger partial charge on any atom is 0.255 e. The Labute approximate surface area is 162 Å². The van der Waals surface area contributed by atoms with Gasteiger partial charge in [-0.2, -0.15) is 0 Å². The third-order valence-electron chi connectivity index (χ3n) is 4.39. The summed E-state index contributed by atoms with van der Waals surface area (Å²) < 4.78 is 32.6. The van der Waals surface area contributed by atoms with E-state index in [2.05, 4.69) is 20.2 Å². The minimum Gasteiger partial charge on any atom is -0.423 e. The van der Waals surface area contributed by atoms with Crippen molar-refractivity contribution in [2.24, 2.45) is 5.92 Å².